The Morgan fingerprint density at radius 2 is 2.33 bits per heavy atom. The van der Waals surface area contributed by atoms with Crippen LogP contribution in [0.4, 0.5) is 5.69 Å². The van der Waals surface area contributed by atoms with Crippen molar-refractivity contribution < 1.29 is 4.79 Å². The van der Waals surface area contributed by atoms with E-state index in [9.17, 15) is 4.79 Å². The average molecular weight is 221 g/mol. The van der Waals surface area contributed by atoms with Crippen LogP contribution in [-0.4, -0.2) is 17.7 Å². The number of aryl methyl sites for hydroxylation is 1. The molecule has 80 valence electrons. The highest BCUT2D eigenvalue weighted by Gasteiger charge is 2.28. The van der Waals surface area contributed by atoms with Crippen LogP contribution in [0.25, 0.3) is 0 Å². The summed E-state index contributed by atoms with van der Waals surface area (Å²) >= 11 is 4.35. The third-order valence-electron chi connectivity index (χ3n) is 2.74. The minimum Gasteiger partial charge on any atom is -0.311 e. The van der Waals surface area contributed by atoms with E-state index in [1.165, 1.54) is 5.56 Å². The van der Waals surface area contributed by atoms with Crippen molar-refractivity contribution in [2.75, 3.05) is 11.4 Å². The zero-order valence-electron chi connectivity index (χ0n) is 8.81. The van der Waals surface area contributed by atoms with E-state index < -0.39 is 0 Å². The van der Waals surface area contributed by atoms with Crippen molar-refractivity contribution in [3.05, 3.63) is 29.8 Å². The van der Waals surface area contributed by atoms with Crippen molar-refractivity contribution in [2.24, 2.45) is 0 Å². The number of hydrogen-bond acceptors (Lipinski definition) is 2. The van der Waals surface area contributed by atoms with Gasteiger partial charge in [-0.05, 0) is 24.1 Å². The minimum atomic E-state index is 0.183. The Labute approximate surface area is 95.7 Å². The van der Waals surface area contributed by atoms with Gasteiger partial charge in [-0.15, -0.1) is 0 Å². The largest absolute Gasteiger partial charge is 0.311 e. The molecule has 0 aliphatic carbocycles. The normalized spacial score (nSPS) is 21.1. The van der Waals surface area contributed by atoms with Gasteiger partial charge in [0, 0.05) is 23.9 Å². The lowest BCUT2D eigenvalue weighted by Crippen LogP contribution is -2.24. The van der Waals surface area contributed by atoms with E-state index in [1.54, 1.807) is 0 Å². The molecule has 0 radical (unpaired) electrons. The number of nitrogens with zero attached hydrogens (tertiary/aromatic N) is 1. The summed E-state index contributed by atoms with van der Waals surface area (Å²) in [6, 6.07) is 8.17. The van der Waals surface area contributed by atoms with Gasteiger partial charge in [0.2, 0.25) is 5.91 Å². The first-order valence-electron chi connectivity index (χ1n) is 5.28. The van der Waals surface area contributed by atoms with Crippen LogP contribution >= 0.6 is 12.6 Å². The summed E-state index contributed by atoms with van der Waals surface area (Å²) in [5, 5.41) is 0.183. The maximum atomic E-state index is 11.7. The number of benzene rings is 1. The van der Waals surface area contributed by atoms with Crippen LogP contribution in [0.3, 0.4) is 0 Å². The van der Waals surface area contributed by atoms with Crippen molar-refractivity contribution in [3.63, 3.8) is 0 Å². The van der Waals surface area contributed by atoms with Crippen LogP contribution in [0.5, 0.6) is 0 Å². The van der Waals surface area contributed by atoms with E-state index in [0.29, 0.717) is 6.42 Å². The second-order valence-corrected chi connectivity index (χ2v) is 4.62. The molecule has 1 heterocycles. The number of thiol groups is 1. The molecule has 2 nitrogen and oxygen atoms in total. The van der Waals surface area contributed by atoms with E-state index in [1.807, 2.05) is 17.0 Å². The molecular formula is C12H15NOS. The molecule has 2 rings (SSSR count). The number of rotatable bonds is 2. The number of carbonyl (C=O) groups excluding carboxylic acids is 1. The predicted octanol–water partition coefficient (Wildman–Crippen LogP) is 2.28. The standard InChI is InChI=1S/C12H15NOS/c1-2-9-4-3-5-10(6-9)13-8-11(15)7-12(13)14/h3-6,11,15H,2,7-8H2,1H3. The molecule has 1 unspecified atom stereocenters. The molecule has 1 saturated heterocycles. The molecule has 1 amide bonds. The van der Waals surface area contributed by atoms with Crippen LogP contribution in [0, 0.1) is 0 Å². The lowest BCUT2D eigenvalue weighted by Gasteiger charge is -2.16. The van der Waals surface area contributed by atoms with Crippen LogP contribution in [0.1, 0.15) is 18.9 Å². The summed E-state index contributed by atoms with van der Waals surface area (Å²) in [6.07, 6.45) is 1.56. The quantitative estimate of drug-likeness (QED) is 0.760. The predicted molar refractivity (Wildman–Crippen MR) is 65.6 cm³/mol. The minimum absolute atomic E-state index is 0.183. The fourth-order valence-corrected chi connectivity index (χ4v) is 2.20. The number of hydrogen-bond donors (Lipinski definition) is 1. The van der Waals surface area contributed by atoms with Gasteiger partial charge >= 0.3 is 0 Å². The molecule has 0 saturated carbocycles. The highest BCUT2D eigenvalue weighted by atomic mass is 32.1. The maximum Gasteiger partial charge on any atom is 0.228 e. The van der Waals surface area contributed by atoms with Crippen LogP contribution in [0.2, 0.25) is 0 Å². The topological polar surface area (TPSA) is 20.3 Å². The van der Waals surface area contributed by atoms with E-state index in [0.717, 1.165) is 18.7 Å². The average Bonchev–Trinajstić information content (AvgIpc) is 2.58. The highest BCUT2D eigenvalue weighted by Crippen LogP contribution is 2.24. The maximum absolute atomic E-state index is 11.7. The second kappa shape index (κ2) is 4.27. The third-order valence-corrected chi connectivity index (χ3v) is 3.08. The van der Waals surface area contributed by atoms with Gasteiger partial charge in [0.1, 0.15) is 0 Å². The molecular weight excluding hydrogens is 206 g/mol. The summed E-state index contributed by atoms with van der Waals surface area (Å²) in [5.74, 6) is 0.184. The van der Waals surface area contributed by atoms with E-state index in [-0.39, 0.29) is 11.2 Å². The van der Waals surface area contributed by atoms with Crippen molar-refractivity contribution in [1.29, 1.82) is 0 Å². The Hall–Kier alpha value is -0.960. The summed E-state index contributed by atoms with van der Waals surface area (Å²) in [5.41, 5.74) is 2.28. The van der Waals surface area contributed by atoms with E-state index in [2.05, 4.69) is 31.7 Å². The first kappa shape index (κ1) is 10.6. The van der Waals surface area contributed by atoms with Gasteiger partial charge in [-0.1, -0.05) is 19.1 Å². The number of anilines is 1. The van der Waals surface area contributed by atoms with Crippen molar-refractivity contribution in [2.45, 2.75) is 25.0 Å². The van der Waals surface area contributed by atoms with Gasteiger partial charge in [-0.3, -0.25) is 4.79 Å². The molecule has 1 aliphatic heterocycles. The Bertz CT molecular complexity index is 378. The van der Waals surface area contributed by atoms with E-state index >= 15 is 0 Å². The molecule has 1 aromatic rings. The first-order valence-corrected chi connectivity index (χ1v) is 5.79. The SMILES string of the molecule is CCc1cccc(N2CC(S)CC2=O)c1. The molecule has 15 heavy (non-hydrogen) atoms. The van der Waals surface area contributed by atoms with Crippen molar-refractivity contribution in [1.82, 2.24) is 0 Å². The molecule has 1 atom stereocenters. The Kier molecular flexibility index (Phi) is 3.00. The fourth-order valence-electron chi connectivity index (χ4n) is 1.88. The zero-order valence-corrected chi connectivity index (χ0v) is 9.71. The van der Waals surface area contributed by atoms with Gasteiger partial charge < -0.3 is 4.90 Å². The summed E-state index contributed by atoms with van der Waals surface area (Å²) < 4.78 is 0. The van der Waals surface area contributed by atoms with Gasteiger partial charge in [0.15, 0.2) is 0 Å². The van der Waals surface area contributed by atoms with Gasteiger partial charge in [0.05, 0.1) is 0 Å². The van der Waals surface area contributed by atoms with Crippen molar-refractivity contribution >= 4 is 24.2 Å². The van der Waals surface area contributed by atoms with Crippen LogP contribution in [-0.2, 0) is 11.2 Å². The molecule has 0 spiro atoms. The van der Waals surface area contributed by atoms with Gasteiger partial charge in [-0.2, -0.15) is 12.6 Å². The Balaban J connectivity index is 2.25. The molecule has 3 heteroatoms. The zero-order chi connectivity index (χ0) is 10.8. The Morgan fingerprint density at radius 3 is 2.93 bits per heavy atom. The smallest absolute Gasteiger partial charge is 0.228 e. The van der Waals surface area contributed by atoms with Gasteiger partial charge in [-0.25, -0.2) is 0 Å². The summed E-state index contributed by atoms with van der Waals surface area (Å²) in [4.78, 5) is 13.5. The summed E-state index contributed by atoms with van der Waals surface area (Å²) in [7, 11) is 0. The monoisotopic (exact) mass is 221 g/mol. The number of amides is 1. The lowest BCUT2D eigenvalue weighted by atomic mass is 10.1. The fraction of sp³-hybridized carbons (Fsp3) is 0.417. The first-order chi connectivity index (χ1) is 7.20. The second-order valence-electron chi connectivity index (χ2n) is 3.89. The number of carbonyl (C=O) groups is 1. The molecule has 1 fully saturated rings. The third kappa shape index (κ3) is 2.17. The molecule has 0 aromatic heterocycles. The van der Waals surface area contributed by atoms with E-state index in [4.69, 9.17) is 0 Å². The highest BCUT2D eigenvalue weighted by molar-refractivity contribution is 7.81. The Morgan fingerprint density at radius 1 is 1.53 bits per heavy atom. The summed E-state index contributed by atoms with van der Waals surface area (Å²) in [6.45, 7) is 2.85. The molecule has 0 N–H and O–H groups in total. The molecule has 1 aromatic carbocycles. The van der Waals surface area contributed by atoms with Crippen molar-refractivity contribution in [3.8, 4) is 0 Å². The van der Waals surface area contributed by atoms with Gasteiger partial charge in [0.25, 0.3) is 0 Å². The van der Waals surface area contributed by atoms with Crippen LogP contribution in [0.15, 0.2) is 24.3 Å². The lowest BCUT2D eigenvalue weighted by molar-refractivity contribution is -0.117. The molecule has 0 bridgehead atoms. The molecule has 1 aliphatic rings. The van der Waals surface area contributed by atoms with Crippen LogP contribution < -0.4 is 4.90 Å².